The molecular formula is C14H28N4O2. The Morgan fingerprint density at radius 2 is 1.95 bits per heavy atom. The Morgan fingerprint density at radius 3 is 2.60 bits per heavy atom. The number of rotatable bonds is 10. The molecule has 0 saturated heterocycles. The molecule has 0 radical (unpaired) electrons. The highest BCUT2D eigenvalue weighted by Gasteiger charge is 2.16. The summed E-state index contributed by atoms with van der Waals surface area (Å²) in [7, 11) is 7.55. The summed E-state index contributed by atoms with van der Waals surface area (Å²) in [5.74, 6) is 1.17. The van der Waals surface area contributed by atoms with Crippen molar-refractivity contribution in [3.8, 4) is 0 Å². The molecule has 0 aromatic carbocycles. The molecule has 0 atom stereocenters. The Bertz CT molecular complexity index is 393. The van der Waals surface area contributed by atoms with E-state index in [9.17, 15) is 0 Å². The molecule has 1 aromatic rings. The van der Waals surface area contributed by atoms with Crippen molar-refractivity contribution in [2.24, 2.45) is 7.05 Å². The minimum atomic E-state index is 0.721. The lowest BCUT2D eigenvalue weighted by atomic mass is 10.2. The molecule has 1 rings (SSSR count). The summed E-state index contributed by atoms with van der Waals surface area (Å²) in [5, 5.41) is 7.92. The van der Waals surface area contributed by atoms with Gasteiger partial charge in [0.15, 0.2) is 0 Å². The second kappa shape index (κ2) is 8.94. The van der Waals surface area contributed by atoms with E-state index in [0.717, 1.165) is 45.0 Å². The van der Waals surface area contributed by atoms with E-state index in [1.165, 1.54) is 11.4 Å². The van der Waals surface area contributed by atoms with E-state index in [1.54, 1.807) is 14.2 Å². The van der Waals surface area contributed by atoms with Gasteiger partial charge in [0.25, 0.3) is 0 Å². The Labute approximate surface area is 122 Å². The van der Waals surface area contributed by atoms with Gasteiger partial charge in [-0.1, -0.05) is 0 Å². The lowest BCUT2D eigenvalue weighted by molar-refractivity contribution is 0.196. The smallest absolute Gasteiger partial charge is 0.131 e. The van der Waals surface area contributed by atoms with Crippen LogP contribution >= 0.6 is 0 Å². The van der Waals surface area contributed by atoms with Gasteiger partial charge in [-0.25, -0.2) is 0 Å². The van der Waals surface area contributed by atoms with E-state index in [4.69, 9.17) is 9.47 Å². The van der Waals surface area contributed by atoms with Crippen molar-refractivity contribution in [1.82, 2.24) is 15.1 Å². The Hall–Kier alpha value is -1.11. The zero-order valence-electron chi connectivity index (χ0n) is 13.4. The normalized spacial score (nSPS) is 11.1. The van der Waals surface area contributed by atoms with Gasteiger partial charge in [0, 0.05) is 60.1 Å². The fourth-order valence-electron chi connectivity index (χ4n) is 2.31. The SMILES string of the molecule is COCCCN(C)c1c(CNCCOC)c(C)nn1C. The summed E-state index contributed by atoms with van der Waals surface area (Å²) in [6, 6.07) is 0. The van der Waals surface area contributed by atoms with Gasteiger partial charge >= 0.3 is 0 Å². The maximum absolute atomic E-state index is 5.11. The minimum absolute atomic E-state index is 0.721. The molecule has 0 spiro atoms. The van der Waals surface area contributed by atoms with E-state index in [0.29, 0.717) is 0 Å². The van der Waals surface area contributed by atoms with Crippen LogP contribution in [0.25, 0.3) is 0 Å². The Kier molecular flexibility index (Phi) is 7.58. The maximum Gasteiger partial charge on any atom is 0.131 e. The molecule has 0 saturated carbocycles. The van der Waals surface area contributed by atoms with Crippen LogP contribution in [0.2, 0.25) is 0 Å². The molecule has 1 aromatic heterocycles. The van der Waals surface area contributed by atoms with Gasteiger partial charge in [0.2, 0.25) is 0 Å². The number of aromatic nitrogens is 2. The lowest BCUT2D eigenvalue weighted by Gasteiger charge is -2.21. The second-order valence-corrected chi connectivity index (χ2v) is 4.95. The van der Waals surface area contributed by atoms with E-state index >= 15 is 0 Å². The van der Waals surface area contributed by atoms with Crippen LogP contribution in [-0.4, -0.2) is 57.4 Å². The molecule has 6 nitrogen and oxygen atoms in total. The Morgan fingerprint density at radius 1 is 1.25 bits per heavy atom. The standard InChI is InChI=1S/C14H28N4O2/c1-12-13(11-15-7-10-20-5)14(18(3)16-12)17(2)8-6-9-19-4/h15H,6-11H2,1-5H3. The molecule has 1 N–H and O–H groups in total. The topological polar surface area (TPSA) is 51.6 Å². The Balaban J connectivity index is 2.67. The van der Waals surface area contributed by atoms with Crippen molar-refractivity contribution in [3.05, 3.63) is 11.3 Å². The number of ether oxygens (including phenoxy) is 2. The minimum Gasteiger partial charge on any atom is -0.385 e. The van der Waals surface area contributed by atoms with Crippen LogP contribution in [0.4, 0.5) is 5.82 Å². The van der Waals surface area contributed by atoms with Crippen LogP contribution in [-0.2, 0) is 23.1 Å². The first-order chi connectivity index (χ1) is 9.61. The zero-order chi connectivity index (χ0) is 15.0. The first-order valence-electron chi connectivity index (χ1n) is 7.04. The van der Waals surface area contributed by atoms with Gasteiger partial charge in [-0.15, -0.1) is 0 Å². The lowest BCUT2D eigenvalue weighted by Crippen LogP contribution is -2.25. The highest BCUT2D eigenvalue weighted by Crippen LogP contribution is 2.22. The van der Waals surface area contributed by atoms with Crippen molar-refractivity contribution >= 4 is 5.82 Å². The molecule has 0 fully saturated rings. The van der Waals surface area contributed by atoms with Crippen LogP contribution in [0.3, 0.4) is 0 Å². The first-order valence-corrected chi connectivity index (χ1v) is 7.04. The highest BCUT2D eigenvalue weighted by atomic mass is 16.5. The van der Waals surface area contributed by atoms with Crippen LogP contribution in [0.5, 0.6) is 0 Å². The quantitative estimate of drug-likeness (QED) is 0.648. The van der Waals surface area contributed by atoms with Gasteiger partial charge in [0.05, 0.1) is 12.3 Å². The predicted octanol–water partition coefficient (Wildman–Crippen LogP) is 0.937. The second-order valence-electron chi connectivity index (χ2n) is 4.95. The largest absolute Gasteiger partial charge is 0.385 e. The summed E-state index contributed by atoms with van der Waals surface area (Å²) in [4.78, 5) is 2.24. The molecule has 0 unspecified atom stereocenters. The average molecular weight is 284 g/mol. The molecule has 0 aliphatic carbocycles. The molecule has 0 bridgehead atoms. The third-order valence-corrected chi connectivity index (χ3v) is 3.30. The monoisotopic (exact) mass is 284 g/mol. The predicted molar refractivity (Wildman–Crippen MR) is 81.3 cm³/mol. The third kappa shape index (κ3) is 4.77. The van der Waals surface area contributed by atoms with Crippen LogP contribution < -0.4 is 10.2 Å². The van der Waals surface area contributed by atoms with Gasteiger partial charge in [0.1, 0.15) is 5.82 Å². The summed E-state index contributed by atoms with van der Waals surface area (Å²) >= 11 is 0. The van der Waals surface area contributed by atoms with Gasteiger partial charge in [-0.2, -0.15) is 5.10 Å². The van der Waals surface area contributed by atoms with Crippen molar-refractivity contribution < 1.29 is 9.47 Å². The molecule has 0 amide bonds. The number of nitrogens with one attached hydrogen (secondary N) is 1. The maximum atomic E-state index is 5.11. The fourth-order valence-corrected chi connectivity index (χ4v) is 2.31. The van der Waals surface area contributed by atoms with Crippen molar-refractivity contribution in [1.29, 1.82) is 0 Å². The fraction of sp³-hybridized carbons (Fsp3) is 0.786. The average Bonchev–Trinajstić information content (AvgIpc) is 2.69. The van der Waals surface area contributed by atoms with Crippen molar-refractivity contribution in [2.75, 3.05) is 52.5 Å². The highest BCUT2D eigenvalue weighted by molar-refractivity contribution is 5.49. The van der Waals surface area contributed by atoms with Gasteiger partial charge in [-0.05, 0) is 13.3 Å². The summed E-state index contributed by atoms with van der Waals surface area (Å²) in [6.45, 7) is 6.17. The van der Waals surface area contributed by atoms with Crippen LogP contribution in [0.15, 0.2) is 0 Å². The first kappa shape index (κ1) is 16.9. The number of aryl methyl sites for hydroxylation is 2. The zero-order valence-corrected chi connectivity index (χ0v) is 13.4. The van der Waals surface area contributed by atoms with Crippen molar-refractivity contribution in [3.63, 3.8) is 0 Å². The van der Waals surface area contributed by atoms with E-state index in [-0.39, 0.29) is 0 Å². The molecule has 1 heterocycles. The van der Waals surface area contributed by atoms with E-state index in [1.807, 2.05) is 11.7 Å². The van der Waals surface area contributed by atoms with Crippen LogP contribution in [0.1, 0.15) is 17.7 Å². The number of hydrogen-bond donors (Lipinski definition) is 1. The molecule has 20 heavy (non-hydrogen) atoms. The molecule has 6 heteroatoms. The van der Waals surface area contributed by atoms with Gasteiger partial charge in [-0.3, -0.25) is 4.68 Å². The van der Waals surface area contributed by atoms with Crippen LogP contribution in [0, 0.1) is 6.92 Å². The molecular weight excluding hydrogens is 256 g/mol. The van der Waals surface area contributed by atoms with Crippen molar-refractivity contribution in [2.45, 2.75) is 19.9 Å². The summed E-state index contributed by atoms with van der Waals surface area (Å²) in [6.07, 6.45) is 1.01. The number of nitrogens with zero attached hydrogens (tertiary/aromatic N) is 3. The molecule has 116 valence electrons. The van der Waals surface area contributed by atoms with Gasteiger partial charge < -0.3 is 19.7 Å². The molecule has 0 aliphatic heterocycles. The number of hydrogen-bond acceptors (Lipinski definition) is 5. The van der Waals surface area contributed by atoms with E-state index in [2.05, 4.69) is 29.3 Å². The molecule has 0 aliphatic rings. The number of methoxy groups -OCH3 is 2. The summed E-state index contributed by atoms with van der Waals surface area (Å²) in [5.41, 5.74) is 2.33. The summed E-state index contributed by atoms with van der Waals surface area (Å²) < 4.78 is 12.1. The number of anilines is 1. The van der Waals surface area contributed by atoms with E-state index < -0.39 is 0 Å². The third-order valence-electron chi connectivity index (χ3n) is 3.30.